The predicted molar refractivity (Wildman–Crippen MR) is 81.3 cm³/mol. The Morgan fingerprint density at radius 3 is 2.88 bits per heavy atom. The molecule has 0 bridgehead atoms. The number of carbonyl (C=O) groups excluding carboxylic acids is 1. The van der Waals surface area contributed by atoms with Crippen molar-refractivity contribution in [1.29, 1.82) is 0 Å². The number of amides is 2. The van der Waals surface area contributed by atoms with Gasteiger partial charge in [-0.3, -0.25) is 5.32 Å². The number of nitrogens with one attached hydrogen (secondary N) is 1. The summed E-state index contributed by atoms with van der Waals surface area (Å²) in [6.07, 6.45) is -4.59. The maximum absolute atomic E-state index is 12.5. The van der Waals surface area contributed by atoms with E-state index in [2.05, 4.69) is 15.5 Å². The summed E-state index contributed by atoms with van der Waals surface area (Å²) in [5.74, 6) is 0.616. The van der Waals surface area contributed by atoms with Gasteiger partial charge in [-0.25, -0.2) is 4.79 Å². The van der Waals surface area contributed by atoms with E-state index in [1.165, 1.54) is 4.90 Å². The molecular weight excluding hydrogens is 369 g/mol. The number of carbonyl (C=O) groups is 1. The zero-order valence-corrected chi connectivity index (χ0v) is 13.5. The molecule has 0 atom stereocenters. The summed E-state index contributed by atoms with van der Waals surface area (Å²) in [5, 5.41) is 7.84. The van der Waals surface area contributed by atoms with Crippen LogP contribution in [0.15, 0.2) is 18.2 Å². The summed E-state index contributed by atoms with van der Waals surface area (Å²) in [6.45, 7) is 0.738. The van der Waals surface area contributed by atoms with Gasteiger partial charge in [-0.05, 0) is 18.2 Å². The van der Waals surface area contributed by atoms with Crippen LogP contribution in [0.3, 0.4) is 0 Å². The number of ether oxygens (including phenoxy) is 1. The summed E-state index contributed by atoms with van der Waals surface area (Å²) in [5.41, 5.74) is 0.711. The average molecular weight is 379 g/mol. The molecule has 0 aliphatic carbocycles. The molecule has 2 amide bonds. The number of nitrogens with zero attached hydrogens (tertiary/aromatic N) is 3. The molecule has 0 unspecified atom stereocenters. The highest BCUT2D eigenvalue weighted by Crippen LogP contribution is 2.33. The molecule has 24 heavy (non-hydrogen) atoms. The highest BCUT2D eigenvalue weighted by Gasteiger charge is 2.36. The van der Waals surface area contributed by atoms with Crippen LogP contribution >= 0.6 is 22.9 Å². The van der Waals surface area contributed by atoms with Crippen molar-refractivity contribution >= 4 is 34.1 Å². The van der Waals surface area contributed by atoms with Crippen LogP contribution in [0, 0.1) is 0 Å². The summed E-state index contributed by atoms with van der Waals surface area (Å²) < 4.78 is 43.0. The predicted octanol–water partition coefficient (Wildman–Crippen LogP) is 3.64. The molecule has 0 radical (unpaired) electrons. The van der Waals surface area contributed by atoms with E-state index in [1.807, 2.05) is 0 Å². The van der Waals surface area contributed by atoms with E-state index in [0.717, 1.165) is 0 Å². The number of benzene rings is 1. The number of fused-ring (bicyclic) bond motifs is 1. The molecule has 11 heteroatoms. The molecule has 2 aromatic rings. The molecule has 2 heterocycles. The Labute approximate surface area is 143 Å². The Morgan fingerprint density at radius 2 is 2.17 bits per heavy atom. The first-order valence-corrected chi connectivity index (χ1v) is 7.90. The van der Waals surface area contributed by atoms with Crippen LogP contribution in [0.25, 0.3) is 0 Å². The van der Waals surface area contributed by atoms with Gasteiger partial charge in [0.2, 0.25) is 10.1 Å². The van der Waals surface area contributed by atoms with Gasteiger partial charge in [0.05, 0.1) is 13.1 Å². The number of rotatable bonds is 1. The maximum atomic E-state index is 12.5. The molecule has 128 valence electrons. The van der Waals surface area contributed by atoms with Crippen molar-refractivity contribution in [3.05, 3.63) is 33.8 Å². The second kappa shape index (κ2) is 6.44. The number of alkyl halides is 3. The Hall–Kier alpha value is -2.07. The maximum Gasteiger partial charge on any atom is 0.445 e. The third-order valence-electron chi connectivity index (χ3n) is 3.17. The van der Waals surface area contributed by atoms with Gasteiger partial charge in [0, 0.05) is 10.6 Å². The quantitative estimate of drug-likeness (QED) is 0.822. The van der Waals surface area contributed by atoms with E-state index in [4.69, 9.17) is 16.3 Å². The standard InChI is InChI=1S/C13H10ClF3N4O2S/c14-8-1-2-9-7(5-8)6-21(3-4-23-9)12(22)18-11-20-19-10(24-11)13(15,16)17/h1-2,5H,3-4,6H2,(H,18,20,22). The van der Waals surface area contributed by atoms with Crippen LogP contribution in [0.4, 0.5) is 23.1 Å². The SMILES string of the molecule is O=C(Nc1nnc(C(F)(F)F)s1)N1CCOc2ccc(Cl)cc2C1. The minimum absolute atomic E-state index is 0.215. The highest BCUT2D eigenvalue weighted by molar-refractivity contribution is 7.15. The molecule has 0 spiro atoms. The van der Waals surface area contributed by atoms with Crippen molar-refractivity contribution in [3.63, 3.8) is 0 Å². The first-order chi connectivity index (χ1) is 11.3. The lowest BCUT2D eigenvalue weighted by atomic mass is 10.2. The molecule has 1 aliphatic rings. The molecular formula is C13H10ClF3N4O2S. The fraction of sp³-hybridized carbons (Fsp3) is 0.308. The second-order valence-corrected chi connectivity index (χ2v) is 6.28. The molecule has 0 saturated heterocycles. The summed E-state index contributed by atoms with van der Waals surface area (Å²) in [4.78, 5) is 13.7. The molecule has 3 rings (SSSR count). The van der Waals surface area contributed by atoms with Crippen molar-refractivity contribution in [2.45, 2.75) is 12.7 Å². The lowest BCUT2D eigenvalue weighted by molar-refractivity contribution is -0.138. The average Bonchev–Trinajstić information content (AvgIpc) is 2.87. The number of urea groups is 1. The van der Waals surface area contributed by atoms with Crippen LogP contribution < -0.4 is 10.1 Å². The normalized spacial score (nSPS) is 14.6. The lowest BCUT2D eigenvalue weighted by Gasteiger charge is -2.19. The van der Waals surface area contributed by atoms with Crippen LogP contribution in [0.2, 0.25) is 5.02 Å². The first kappa shape index (κ1) is 16.8. The fourth-order valence-corrected chi connectivity index (χ4v) is 2.89. The van der Waals surface area contributed by atoms with E-state index in [1.54, 1.807) is 18.2 Å². The third-order valence-corrected chi connectivity index (χ3v) is 4.29. The molecule has 6 nitrogen and oxygen atoms in total. The third kappa shape index (κ3) is 3.70. The van der Waals surface area contributed by atoms with Crippen molar-refractivity contribution in [2.24, 2.45) is 0 Å². The van der Waals surface area contributed by atoms with Crippen molar-refractivity contribution in [1.82, 2.24) is 15.1 Å². The topological polar surface area (TPSA) is 67.4 Å². The minimum Gasteiger partial charge on any atom is -0.491 e. The molecule has 1 N–H and O–H groups in total. The van der Waals surface area contributed by atoms with Crippen LogP contribution in [-0.4, -0.2) is 34.3 Å². The molecule has 0 fully saturated rings. The van der Waals surface area contributed by atoms with Gasteiger partial charge < -0.3 is 9.64 Å². The Bertz CT molecular complexity index is 768. The molecule has 1 aliphatic heterocycles. The summed E-state index contributed by atoms with van der Waals surface area (Å²) in [7, 11) is 0. The van der Waals surface area contributed by atoms with Gasteiger partial charge in [0.15, 0.2) is 0 Å². The van der Waals surface area contributed by atoms with Crippen molar-refractivity contribution in [2.75, 3.05) is 18.5 Å². The Kier molecular flexibility index (Phi) is 4.50. The van der Waals surface area contributed by atoms with Gasteiger partial charge in [0.1, 0.15) is 12.4 Å². The molecule has 1 aromatic carbocycles. The molecule has 0 saturated carbocycles. The summed E-state index contributed by atoms with van der Waals surface area (Å²) in [6, 6.07) is 4.47. The first-order valence-electron chi connectivity index (χ1n) is 6.71. The van der Waals surface area contributed by atoms with Gasteiger partial charge in [-0.15, -0.1) is 10.2 Å². The monoisotopic (exact) mass is 378 g/mol. The fourth-order valence-electron chi connectivity index (χ4n) is 2.10. The summed E-state index contributed by atoms with van der Waals surface area (Å²) >= 11 is 6.20. The van der Waals surface area contributed by atoms with Crippen molar-refractivity contribution in [3.8, 4) is 5.75 Å². The molecule has 1 aromatic heterocycles. The Balaban J connectivity index is 1.72. The van der Waals surface area contributed by atoms with Crippen molar-refractivity contribution < 1.29 is 22.7 Å². The van der Waals surface area contributed by atoms with Gasteiger partial charge in [-0.1, -0.05) is 22.9 Å². The smallest absolute Gasteiger partial charge is 0.445 e. The van der Waals surface area contributed by atoms with Crippen LogP contribution in [0.5, 0.6) is 5.75 Å². The van der Waals surface area contributed by atoms with Crippen LogP contribution in [-0.2, 0) is 12.7 Å². The van der Waals surface area contributed by atoms with Gasteiger partial charge in [0.25, 0.3) is 0 Å². The van der Waals surface area contributed by atoms with E-state index in [0.29, 0.717) is 16.3 Å². The largest absolute Gasteiger partial charge is 0.491 e. The van der Waals surface area contributed by atoms with Gasteiger partial charge in [-0.2, -0.15) is 13.2 Å². The lowest BCUT2D eigenvalue weighted by Crippen LogP contribution is -2.36. The van der Waals surface area contributed by atoms with E-state index in [9.17, 15) is 18.0 Å². The number of hydrogen-bond donors (Lipinski definition) is 1. The number of aromatic nitrogens is 2. The number of hydrogen-bond acceptors (Lipinski definition) is 5. The Morgan fingerprint density at radius 1 is 1.38 bits per heavy atom. The minimum atomic E-state index is -4.59. The van der Waals surface area contributed by atoms with E-state index in [-0.39, 0.29) is 36.2 Å². The second-order valence-electron chi connectivity index (χ2n) is 4.86. The number of halogens is 4. The number of anilines is 1. The van der Waals surface area contributed by atoms with E-state index >= 15 is 0 Å². The zero-order chi connectivity index (χ0) is 17.3. The highest BCUT2D eigenvalue weighted by atomic mass is 35.5. The van der Waals surface area contributed by atoms with E-state index < -0.39 is 17.2 Å². The van der Waals surface area contributed by atoms with Gasteiger partial charge >= 0.3 is 12.2 Å². The zero-order valence-electron chi connectivity index (χ0n) is 11.9. The van der Waals surface area contributed by atoms with Crippen LogP contribution in [0.1, 0.15) is 10.6 Å².